The second kappa shape index (κ2) is 6.84. The molecule has 0 unspecified atom stereocenters. The average Bonchev–Trinajstić information content (AvgIpc) is 2.94. The maximum atomic E-state index is 12.3. The predicted octanol–water partition coefficient (Wildman–Crippen LogP) is 4.03. The van der Waals surface area contributed by atoms with Gasteiger partial charge in [-0.2, -0.15) is 0 Å². The van der Waals surface area contributed by atoms with Gasteiger partial charge < -0.3 is 4.74 Å². The molecular weight excluding hydrogens is 326 g/mol. The molecule has 0 N–H and O–H groups in total. The van der Waals surface area contributed by atoms with Crippen molar-refractivity contribution < 1.29 is 14.3 Å². The van der Waals surface area contributed by atoms with Gasteiger partial charge in [0.1, 0.15) is 12.4 Å². The van der Waals surface area contributed by atoms with Crippen molar-refractivity contribution in [3.05, 3.63) is 90.0 Å². The number of carbonyl (C=O) groups excluding carboxylic acids is 2. The maximum Gasteiger partial charge on any atom is 0.261 e. The van der Waals surface area contributed by atoms with Gasteiger partial charge in [0.2, 0.25) is 0 Å². The summed E-state index contributed by atoms with van der Waals surface area (Å²) >= 11 is 0. The van der Waals surface area contributed by atoms with Crippen LogP contribution in [0.4, 0.5) is 0 Å². The van der Waals surface area contributed by atoms with Crippen LogP contribution in [0.15, 0.2) is 78.9 Å². The standard InChI is InChI=1S/C22H17NO3/c24-21-19-8-4-5-9-20(19)22(25)23(21)14-15-26-18-12-10-17(11-13-18)16-6-2-1-3-7-16/h1-13H,14-15H2. The van der Waals surface area contributed by atoms with Crippen LogP contribution in [0.3, 0.4) is 0 Å². The van der Waals surface area contributed by atoms with Crippen molar-refractivity contribution in [2.45, 2.75) is 0 Å². The van der Waals surface area contributed by atoms with Crippen LogP contribution in [0.2, 0.25) is 0 Å². The van der Waals surface area contributed by atoms with E-state index in [1.807, 2.05) is 42.5 Å². The monoisotopic (exact) mass is 343 g/mol. The zero-order valence-electron chi connectivity index (χ0n) is 14.1. The second-order valence-corrected chi connectivity index (χ2v) is 6.05. The minimum Gasteiger partial charge on any atom is -0.492 e. The summed E-state index contributed by atoms with van der Waals surface area (Å²) in [7, 11) is 0. The highest BCUT2D eigenvalue weighted by Crippen LogP contribution is 2.23. The van der Waals surface area contributed by atoms with Gasteiger partial charge in [-0.3, -0.25) is 14.5 Å². The van der Waals surface area contributed by atoms with E-state index in [1.165, 1.54) is 4.90 Å². The number of ether oxygens (including phenoxy) is 1. The van der Waals surface area contributed by atoms with E-state index in [2.05, 4.69) is 12.1 Å². The lowest BCUT2D eigenvalue weighted by Crippen LogP contribution is -2.33. The number of nitrogens with zero attached hydrogens (tertiary/aromatic N) is 1. The van der Waals surface area contributed by atoms with Gasteiger partial charge in [0.25, 0.3) is 11.8 Å². The topological polar surface area (TPSA) is 46.6 Å². The Bertz CT molecular complexity index is 914. The predicted molar refractivity (Wildman–Crippen MR) is 99.2 cm³/mol. The van der Waals surface area contributed by atoms with Gasteiger partial charge in [0.05, 0.1) is 17.7 Å². The van der Waals surface area contributed by atoms with Crippen molar-refractivity contribution in [1.29, 1.82) is 0 Å². The zero-order valence-corrected chi connectivity index (χ0v) is 14.1. The fourth-order valence-corrected chi connectivity index (χ4v) is 3.07. The first-order valence-electron chi connectivity index (χ1n) is 8.47. The van der Waals surface area contributed by atoms with Crippen molar-refractivity contribution >= 4 is 11.8 Å². The van der Waals surface area contributed by atoms with Crippen molar-refractivity contribution in [2.75, 3.05) is 13.2 Å². The number of rotatable bonds is 5. The second-order valence-electron chi connectivity index (χ2n) is 6.05. The molecule has 1 aliphatic heterocycles. The summed E-state index contributed by atoms with van der Waals surface area (Å²) in [6.45, 7) is 0.489. The molecule has 128 valence electrons. The molecule has 0 radical (unpaired) electrons. The first kappa shape index (κ1) is 16.1. The van der Waals surface area contributed by atoms with Gasteiger partial charge in [-0.05, 0) is 35.4 Å². The van der Waals surface area contributed by atoms with Crippen LogP contribution < -0.4 is 4.74 Å². The number of hydrogen-bond donors (Lipinski definition) is 0. The molecule has 1 heterocycles. The third-order valence-electron chi connectivity index (χ3n) is 4.42. The van der Waals surface area contributed by atoms with Gasteiger partial charge >= 0.3 is 0 Å². The largest absolute Gasteiger partial charge is 0.492 e. The third-order valence-corrected chi connectivity index (χ3v) is 4.42. The highest BCUT2D eigenvalue weighted by atomic mass is 16.5. The molecule has 3 aromatic carbocycles. The molecule has 0 aromatic heterocycles. The molecule has 3 aromatic rings. The Morgan fingerprint density at radius 3 is 1.81 bits per heavy atom. The quantitative estimate of drug-likeness (QED) is 0.657. The summed E-state index contributed by atoms with van der Waals surface area (Å²) in [5.41, 5.74) is 3.18. The molecule has 0 spiro atoms. The average molecular weight is 343 g/mol. The van der Waals surface area contributed by atoms with Crippen LogP contribution in [-0.2, 0) is 0 Å². The number of carbonyl (C=O) groups is 2. The van der Waals surface area contributed by atoms with Crippen molar-refractivity contribution in [3.8, 4) is 16.9 Å². The molecule has 0 aliphatic carbocycles. The summed E-state index contributed by atoms with van der Waals surface area (Å²) < 4.78 is 5.71. The van der Waals surface area contributed by atoms with E-state index in [1.54, 1.807) is 24.3 Å². The lowest BCUT2D eigenvalue weighted by molar-refractivity contribution is 0.0631. The van der Waals surface area contributed by atoms with E-state index < -0.39 is 0 Å². The van der Waals surface area contributed by atoms with Crippen LogP contribution in [0, 0.1) is 0 Å². The van der Waals surface area contributed by atoms with Crippen LogP contribution >= 0.6 is 0 Å². The molecule has 4 heteroatoms. The van der Waals surface area contributed by atoms with E-state index in [9.17, 15) is 9.59 Å². The van der Waals surface area contributed by atoms with E-state index >= 15 is 0 Å². The molecule has 0 atom stereocenters. The number of amides is 2. The van der Waals surface area contributed by atoms with Gasteiger partial charge in [0.15, 0.2) is 0 Å². The Morgan fingerprint density at radius 2 is 1.19 bits per heavy atom. The summed E-state index contributed by atoms with van der Waals surface area (Å²) in [6.07, 6.45) is 0. The zero-order chi connectivity index (χ0) is 17.9. The van der Waals surface area contributed by atoms with E-state index in [-0.39, 0.29) is 25.0 Å². The third kappa shape index (κ3) is 2.97. The lowest BCUT2D eigenvalue weighted by atomic mass is 10.1. The SMILES string of the molecule is O=C1c2ccccc2C(=O)N1CCOc1ccc(-c2ccccc2)cc1. The summed E-state index contributed by atoms with van der Waals surface area (Å²) in [6, 6.07) is 24.8. The summed E-state index contributed by atoms with van der Waals surface area (Å²) in [5.74, 6) is 0.198. The Labute approximate surface area is 151 Å². The minimum absolute atomic E-state index is 0.229. The molecule has 4 rings (SSSR count). The van der Waals surface area contributed by atoms with Gasteiger partial charge in [-0.25, -0.2) is 0 Å². The molecule has 1 aliphatic rings. The van der Waals surface area contributed by atoms with Crippen molar-refractivity contribution in [1.82, 2.24) is 4.90 Å². The van der Waals surface area contributed by atoms with Gasteiger partial charge in [0, 0.05) is 0 Å². The van der Waals surface area contributed by atoms with Crippen molar-refractivity contribution in [3.63, 3.8) is 0 Å². The smallest absolute Gasteiger partial charge is 0.261 e. The fraction of sp³-hybridized carbons (Fsp3) is 0.0909. The van der Waals surface area contributed by atoms with E-state index in [0.717, 1.165) is 11.1 Å². The van der Waals surface area contributed by atoms with Gasteiger partial charge in [-0.1, -0.05) is 54.6 Å². The minimum atomic E-state index is -0.256. The first-order chi connectivity index (χ1) is 12.7. The molecule has 4 nitrogen and oxygen atoms in total. The molecule has 0 saturated carbocycles. The lowest BCUT2D eigenvalue weighted by Gasteiger charge is -2.14. The molecular formula is C22H17NO3. The van der Waals surface area contributed by atoms with Crippen LogP contribution in [0.1, 0.15) is 20.7 Å². The summed E-state index contributed by atoms with van der Waals surface area (Å²) in [4.78, 5) is 25.8. The molecule has 0 bridgehead atoms. The van der Waals surface area contributed by atoms with E-state index in [0.29, 0.717) is 16.9 Å². The number of benzene rings is 3. The molecule has 0 fully saturated rings. The number of fused-ring (bicyclic) bond motifs is 1. The molecule has 2 amide bonds. The Morgan fingerprint density at radius 1 is 0.654 bits per heavy atom. The van der Waals surface area contributed by atoms with Crippen molar-refractivity contribution in [2.24, 2.45) is 0 Å². The Hall–Kier alpha value is -3.40. The van der Waals surface area contributed by atoms with Crippen LogP contribution in [0.5, 0.6) is 5.75 Å². The molecule has 0 saturated heterocycles. The van der Waals surface area contributed by atoms with Crippen LogP contribution in [-0.4, -0.2) is 29.9 Å². The maximum absolute atomic E-state index is 12.3. The normalized spacial score (nSPS) is 13.0. The van der Waals surface area contributed by atoms with Crippen LogP contribution in [0.25, 0.3) is 11.1 Å². The van der Waals surface area contributed by atoms with E-state index in [4.69, 9.17) is 4.74 Å². The molecule has 26 heavy (non-hydrogen) atoms. The first-order valence-corrected chi connectivity index (χ1v) is 8.47. The number of hydrogen-bond acceptors (Lipinski definition) is 3. The Balaban J connectivity index is 1.37. The highest BCUT2D eigenvalue weighted by molar-refractivity contribution is 6.21. The summed E-state index contributed by atoms with van der Waals surface area (Å²) in [5, 5.41) is 0. The van der Waals surface area contributed by atoms with Gasteiger partial charge in [-0.15, -0.1) is 0 Å². The number of imide groups is 1. The highest BCUT2D eigenvalue weighted by Gasteiger charge is 2.34. The fourth-order valence-electron chi connectivity index (χ4n) is 3.07. The Kier molecular flexibility index (Phi) is 4.23.